The Kier molecular flexibility index (Phi) is 5.13. The van der Waals surface area contributed by atoms with Gasteiger partial charge in [-0.2, -0.15) is 9.40 Å². The van der Waals surface area contributed by atoms with Gasteiger partial charge in [-0.1, -0.05) is 5.16 Å². The summed E-state index contributed by atoms with van der Waals surface area (Å²) >= 11 is 0. The Balaban J connectivity index is 1.35. The van der Waals surface area contributed by atoms with Crippen LogP contribution < -0.4 is 5.56 Å². The van der Waals surface area contributed by atoms with Gasteiger partial charge in [-0.15, -0.1) is 5.10 Å². The van der Waals surface area contributed by atoms with E-state index in [2.05, 4.69) is 20.3 Å². The number of aryl methyl sites for hydroxylation is 2. The largest absolute Gasteiger partial charge is 0.360 e. The molecule has 0 atom stereocenters. The number of rotatable bonds is 4. The lowest BCUT2D eigenvalue weighted by atomic mass is 10.2. The second-order valence-electron chi connectivity index (χ2n) is 8.02. The van der Waals surface area contributed by atoms with E-state index in [1.54, 1.807) is 44.0 Å². The number of amides is 1. The van der Waals surface area contributed by atoms with Crippen molar-refractivity contribution in [3.63, 3.8) is 0 Å². The number of carbonyl (C=O) groups excluding carboxylic acids is 1. The highest BCUT2D eigenvalue weighted by atomic mass is 32.2. The van der Waals surface area contributed by atoms with Crippen molar-refractivity contribution in [1.29, 1.82) is 0 Å². The summed E-state index contributed by atoms with van der Waals surface area (Å²) in [6.45, 7) is 5.57. The number of sulfonamides is 1. The van der Waals surface area contributed by atoms with Gasteiger partial charge in [-0.05, 0) is 32.9 Å². The monoisotopic (exact) mass is 486 g/mol. The molecule has 0 aliphatic carbocycles. The minimum absolute atomic E-state index is 0.0746. The van der Waals surface area contributed by atoms with E-state index < -0.39 is 10.0 Å². The predicted molar refractivity (Wildman–Crippen MR) is 118 cm³/mol. The van der Waals surface area contributed by atoms with Gasteiger partial charge in [-0.3, -0.25) is 14.6 Å². The fourth-order valence-corrected chi connectivity index (χ4v) is 5.85. The molecule has 0 unspecified atom stereocenters. The van der Waals surface area contributed by atoms with Crippen molar-refractivity contribution in [3.8, 4) is 5.95 Å². The number of H-pyrrole nitrogens is 1. The van der Waals surface area contributed by atoms with Crippen molar-refractivity contribution in [1.82, 2.24) is 38.7 Å². The van der Waals surface area contributed by atoms with Gasteiger partial charge in [0.05, 0.1) is 17.5 Å². The third-order valence-corrected chi connectivity index (χ3v) is 8.06. The van der Waals surface area contributed by atoms with E-state index in [1.165, 1.54) is 19.7 Å². The quantitative estimate of drug-likeness (QED) is 0.431. The molecule has 14 heteroatoms. The normalized spacial score (nSPS) is 15.3. The van der Waals surface area contributed by atoms with Crippen LogP contribution in [0.5, 0.6) is 0 Å². The Bertz CT molecular complexity index is 1550. The minimum Gasteiger partial charge on any atom is -0.360 e. The summed E-state index contributed by atoms with van der Waals surface area (Å²) in [5.74, 6) is 0.145. The summed E-state index contributed by atoms with van der Waals surface area (Å²) in [6, 6.07) is 3.35. The SMILES string of the molecule is Cc1noc(C)c1S(=O)(=O)N1CCN(C(=O)c2cnn(-c3nn4cccc4c(=O)[nH]3)c2C)CC1. The van der Waals surface area contributed by atoms with E-state index in [9.17, 15) is 18.0 Å². The van der Waals surface area contributed by atoms with Gasteiger partial charge in [-0.25, -0.2) is 17.6 Å². The molecule has 0 bridgehead atoms. The van der Waals surface area contributed by atoms with Crippen molar-refractivity contribution in [2.24, 2.45) is 0 Å². The van der Waals surface area contributed by atoms with E-state index in [4.69, 9.17) is 4.52 Å². The molecule has 4 aromatic heterocycles. The van der Waals surface area contributed by atoms with Gasteiger partial charge in [0.25, 0.3) is 11.5 Å². The van der Waals surface area contributed by atoms with Crippen LogP contribution in [-0.2, 0) is 10.0 Å². The molecule has 13 nitrogen and oxygen atoms in total. The van der Waals surface area contributed by atoms with Crippen molar-refractivity contribution < 1.29 is 17.7 Å². The number of aromatic nitrogens is 6. The molecule has 1 aliphatic rings. The van der Waals surface area contributed by atoms with Crippen LogP contribution in [0.2, 0.25) is 0 Å². The van der Waals surface area contributed by atoms with Crippen LogP contribution in [0.4, 0.5) is 0 Å². The number of fused-ring (bicyclic) bond motifs is 1. The van der Waals surface area contributed by atoms with E-state index in [0.29, 0.717) is 22.5 Å². The molecule has 1 saturated heterocycles. The number of hydrogen-bond donors (Lipinski definition) is 1. The van der Waals surface area contributed by atoms with Gasteiger partial charge in [0, 0.05) is 32.4 Å². The summed E-state index contributed by atoms with van der Waals surface area (Å²) in [4.78, 5) is 29.8. The number of aromatic amines is 1. The van der Waals surface area contributed by atoms with Crippen molar-refractivity contribution >= 4 is 21.4 Å². The molecule has 4 aromatic rings. The van der Waals surface area contributed by atoms with Crippen LogP contribution >= 0.6 is 0 Å². The third kappa shape index (κ3) is 3.42. The summed E-state index contributed by atoms with van der Waals surface area (Å²) in [5.41, 5.74) is 1.23. The zero-order valence-electron chi connectivity index (χ0n) is 18.7. The van der Waals surface area contributed by atoms with Gasteiger partial charge < -0.3 is 9.42 Å². The molecule has 1 N–H and O–H groups in total. The zero-order chi connectivity index (χ0) is 24.2. The van der Waals surface area contributed by atoms with Gasteiger partial charge in [0.2, 0.25) is 16.0 Å². The van der Waals surface area contributed by atoms with Gasteiger partial charge in [0.1, 0.15) is 16.1 Å². The number of carbonyl (C=O) groups is 1. The van der Waals surface area contributed by atoms with Gasteiger partial charge in [0.15, 0.2) is 5.76 Å². The number of nitrogens with one attached hydrogen (secondary N) is 1. The maximum atomic E-state index is 13.2. The number of piperazine rings is 1. The van der Waals surface area contributed by atoms with E-state index in [-0.39, 0.29) is 54.2 Å². The molecule has 0 aromatic carbocycles. The highest BCUT2D eigenvalue weighted by Gasteiger charge is 2.35. The molecule has 1 fully saturated rings. The van der Waals surface area contributed by atoms with Crippen LogP contribution in [0.3, 0.4) is 0 Å². The molecule has 5 rings (SSSR count). The Morgan fingerprint density at radius 1 is 1.15 bits per heavy atom. The van der Waals surface area contributed by atoms with Crippen LogP contribution in [-0.4, -0.2) is 79.2 Å². The lowest BCUT2D eigenvalue weighted by Crippen LogP contribution is -2.50. The summed E-state index contributed by atoms with van der Waals surface area (Å²) in [7, 11) is -3.77. The average Bonchev–Trinajstić information content (AvgIpc) is 3.52. The maximum Gasteiger partial charge on any atom is 0.276 e. The van der Waals surface area contributed by atoms with Crippen molar-refractivity contribution in [3.05, 3.63) is 57.6 Å². The summed E-state index contributed by atoms with van der Waals surface area (Å²) in [6.07, 6.45) is 3.07. The first-order chi connectivity index (χ1) is 16.2. The first-order valence-electron chi connectivity index (χ1n) is 10.5. The lowest BCUT2D eigenvalue weighted by Gasteiger charge is -2.33. The molecular formula is C20H22N8O5S. The topological polar surface area (TPSA) is 152 Å². The third-order valence-electron chi connectivity index (χ3n) is 5.92. The summed E-state index contributed by atoms with van der Waals surface area (Å²) in [5, 5.41) is 12.3. The first kappa shape index (κ1) is 22.0. The van der Waals surface area contributed by atoms with Crippen LogP contribution in [0.1, 0.15) is 27.5 Å². The summed E-state index contributed by atoms with van der Waals surface area (Å²) < 4.78 is 35.2. The highest BCUT2D eigenvalue weighted by Crippen LogP contribution is 2.24. The fourth-order valence-electron chi connectivity index (χ4n) is 4.13. The van der Waals surface area contributed by atoms with E-state index >= 15 is 0 Å². The zero-order valence-corrected chi connectivity index (χ0v) is 19.5. The number of hydrogen-bond acceptors (Lipinski definition) is 8. The smallest absolute Gasteiger partial charge is 0.276 e. The first-order valence-corrected chi connectivity index (χ1v) is 12.0. The lowest BCUT2D eigenvalue weighted by molar-refractivity contribution is 0.0697. The van der Waals surface area contributed by atoms with Crippen molar-refractivity contribution in [2.75, 3.05) is 26.2 Å². The predicted octanol–water partition coefficient (Wildman–Crippen LogP) is 0.268. The second kappa shape index (κ2) is 7.92. The van der Waals surface area contributed by atoms with E-state index in [0.717, 1.165) is 0 Å². The van der Waals surface area contributed by atoms with Gasteiger partial charge >= 0.3 is 0 Å². The highest BCUT2D eigenvalue weighted by molar-refractivity contribution is 7.89. The Morgan fingerprint density at radius 3 is 2.56 bits per heavy atom. The molecule has 1 amide bonds. The molecule has 178 valence electrons. The van der Waals surface area contributed by atoms with Crippen molar-refractivity contribution in [2.45, 2.75) is 25.7 Å². The average molecular weight is 487 g/mol. The van der Waals surface area contributed by atoms with Crippen LogP contribution in [0.25, 0.3) is 11.5 Å². The van der Waals surface area contributed by atoms with Crippen LogP contribution in [0.15, 0.2) is 38.7 Å². The Hall–Kier alpha value is -3.78. The molecule has 0 radical (unpaired) electrons. The minimum atomic E-state index is -3.77. The molecule has 5 heterocycles. The maximum absolute atomic E-state index is 13.2. The fraction of sp³-hybridized carbons (Fsp3) is 0.350. The molecule has 0 saturated carbocycles. The Morgan fingerprint density at radius 2 is 1.88 bits per heavy atom. The molecular weight excluding hydrogens is 464 g/mol. The Labute approximate surface area is 193 Å². The standard InChI is InChI=1S/C20H22N8O5S/c1-12-17(14(3)33-24-12)34(31,32)26-9-7-25(8-10-26)19(30)15-11-21-28(13(15)2)20-22-18(29)16-5-4-6-27(16)23-20/h4-6,11H,7-10H2,1-3H3,(H,22,23,29). The molecule has 1 aliphatic heterocycles. The molecule has 34 heavy (non-hydrogen) atoms. The molecule has 0 spiro atoms. The van der Waals surface area contributed by atoms with E-state index in [1.807, 2.05) is 0 Å². The van der Waals surface area contributed by atoms with Crippen LogP contribution in [0, 0.1) is 20.8 Å². The number of nitrogens with zero attached hydrogens (tertiary/aromatic N) is 7. The second-order valence-corrected chi connectivity index (χ2v) is 9.90.